The minimum Gasteiger partial charge on any atom is -0.496 e. The van der Waals surface area contributed by atoms with Crippen molar-refractivity contribution < 1.29 is 9.53 Å². The number of halogens is 1. The van der Waals surface area contributed by atoms with Gasteiger partial charge < -0.3 is 9.64 Å². The lowest BCUT2D eigenvalue weighted by molar-refractivity contribution is -0.133. The quantitative estimate of drug-likeness (QED) is 0.779. The van der Waals surface area contributed by atoms with Crippen LogP contribution in [0.4, 0.5) is 0 Å². The van der Waals surface area contributed by atoms with E-state index in [0.29, 0.717) is 11.6 Å². The molecule has 0 aliphatic heterocycles. The first kappa shape index (κ1) is 17.8. The molecule has 0 spiro atoms. The second-order valence-corrected chi connectivity index (χ2v) is 7.51. The van der Waals surface area contributed by atoms with Crippen molar-refractivity contribution in [2.24, 2.45) is 0 Å². The molecule has 132 valence electrons. The smallest absolute Gasteiger partial charge is 0.233 e. The fraction of sp³-hybridized carbons (Fsp3) is 0.381. The van der Waals surface area contributed by atoms with Gasteiger partial charge >= 0.3 is 0 Å². The molecule has 2 aromatic carbocycles. The number of carbonyl (C=O) groups excluding carboxylic acids is 1. The number of hydrogen-bond donors (Lipinski definition) is 0. The maximum absolute atomic E-state index is 13.2. The van der Waals surface area contributed by atoms with Crippen LogP contribution in [0.5, 0.6) is 5.75 Å². The van der Waals surface area contributed by atoms with E-state index >= 15 is 0 Å². The molecule has 0 aromatic heterocycles. The monoisotopic (exact) mass is 357 g/mol. The highest BCUT2D eigenvalue weighted by molar-refractivity contribution is 6.30. The highest BCUT2D eigenvalue weighted by atomic mass is 35.5. The van der Waals surface area contributed by atoms with Gasteiger partial charge in [-0.25, -0.2) is 0 Å². The summed E-state index contributed by atoms with van der Waals surface area (Å²) in [6.07, 6.45) is 1.82. The number of hydrogen-bond acceptors (Lipinski definition) is 2. The van der Waals surface area contributed by atoms with Gasteiger partial charge in [0.15, 0.2) is 0 Å². The van der Waals surface area contributed by atoms with Gasteiger partial charge in [0.25, 0.3) is 0 Å². The summed E-state index contributed by atoms with van der Waals surface area (Å²) in [6.45, 7) is 4.64. The summed E-state index contributed by atoms with van der Waals surface area (Å²) in [5.41, 5.74) is 4.10. The van der Waals surface area contributed by atoms with Crippen molar-refractivity contribution in [3.8, 4) is 5.75 Å². The number of amides is 1. The molecule has 0 atom stereocenters. The van der Waals surface area contributed by atoms with Gasteiger partial charge in [0.05, 0.1) is 12.5 Å². The maximum Gasteiger partial charge on any atom is 0.233 e. The van der Waals surface area contributed by atoms with E-state index in [4.69, 9.17) is 16.3 Å². The van der Waals surface area contributed by atoms with E-state index in [0.717, 1.165) is 29.7 Å². The molecule has 0 unspecified atom stereocenters. The predicted octanol–water partition coefficient (Wildman–Crippen LogP) is 4.66. The van der Waals surface area contributed by atoms with Crippen molar-refractivity contribution in [2.45, 2.75) is 38.6 Å². The van der Waals surface area contributed by atoms with Crippen LogP contribution in [-0.4, -0.2) is 25.0 Å². The molecule has 1 aliphatic carbocycles. The van der Waals surface area contributed by atoms with Gasteiger partial charge in [-0.05, 0) is 50.5 Å². The molecular formula is C21H24ClNO2. The van der Waals surface area contributed by atoms with Crippen LogP contribution >= 0.6 is 11.6 Å². The molecule has 0 bridgehead atoms. The third kappa shape index (κ3) is 3.52. The van der Waals surface area contributed by atoms with Crippen molar-refractivity contribution in [1.82, 2.24) is 4.90 Å². The van der Waals surface area contributed by atoms with Crippen LogP contribution in [0.1, 0.15) is 35.1 Å². The first-order valence-electron chi connectivity index (χ1n) is 8.52. The van der Waals surface area contributed by atoms with Crippen molar-refractivity contribution in [3.05, 3.63) is 63.7 Å². The van der Waals surface area contributed by atoms with Gasteiger partial charge in [-0.2, -0.15) is 0 Å². The predicted molar refractivity (Wildman–Crippen MR) is 101 cm³/mol. The molecule has 1 fully saturated rings. The molecular weight excluding hydrogens is 334 g/mol. The molecule has 1 amide bonds. The Morgan fingerprint density at radius 1 is 1.16 bits per heavy atom. The molecule has 3 nitrogen and oxygen atoms in total. The van der Waals surface area contributed by atoms with E-state index < -0.39 is 0 Å². The van der Waals surface area contributed by atoms with Gasteiger partial charge in [-0.1, -0.05) is 40.9 Å². The number of nitrogens with zero attached hydrogens (tertiary/aromatic N) is 1. The number of rotatable bonds is 5. The second kappa shape index (κ2) is 6.72. The summed E-state index contributed by atoms with van der Waals surface area (Å²) in [5.74, 6) is 0.917. The molecule has 4 heteroatoms. The Balaban J connectivity index is 1.84. The number of aryl methyl sites for hydroxylation is 2. The Kier molecular flexibility index (Phi) is 4.79. The van der Waals surface area contributed by atoms with Crippen LogP contribution in [-0.2, 0) is 16.8 Å². The molecule has 3 rings (SSSR count). The number of carbonyl (C=O) groups is 1. The molecule has 25 heavy (non-hydrogen) atoms. The van der Waals surface area contributed by atoms with E-state index in [9.17, 15) is 4.79 Å². The number of ether oxygens (including phenoxy) is 1. The Labute approximate surface area is 154 Å². The van der Waals surface area contributed by atoms with Gasteiger partial charge in [-0.3, -0.25) is 4.79 Å². The molecule has 0 saturated heterocycles. The zero-order valence-electron chi connectivity index (χ0n) is 15.2. The summed E-state index contributed by atoms with van der Waals surface area (Å²) >= 11 is 6.11. The van der Waals surface area contributed by atoms with Crippen LogP contribution in [0.15, 0.2) is 36.4 Å². The minimum atomic E-state index is -0.364. The third-order valence-corrected chi connectivity index (χ3v) is 5.17. The van der Waals surface area contributed by atoms with Gasteiger partial charge in [-0.15, -0.1) is 0 Å². The highest BCUT2D eigenvalue weighted by Gasteiger charge is 2.52. The van der Waals surface area contributed by atoms with Gasteiger partial charge in [0.2, 0.25) is 5.91 Å². The topological polar surface area (TPSA) is 29.5 Å². The lowest BCUT2D eigenvalue weighted by Gasteiger charge is -2.25. The highest BCUT2D eigenvalue weighted by Crippen LogP contribution is 2.50. The summed E-state index contributed by atoms with van der Waals surface area (Å²) in [4.78, 5) is 15.0. The van der Waals surface area contributed by atoms with Crippen LogP contribution in [0.25, 0.3) is 0 Å². The van der Waals surface area contributed by atoms with Crippen LogP contribution in [0.2, 0.25) is 5.02 Å². The summed E-state index contributed by atoms with van der Waals surface area (Å²) in [5, 5.41) is 0.645. The van der Waals surface area contributed by atoms with E-state index in [1.807, 2.05) is 19.2 Å². The lowest BCUT2D eigenvalue weighted by Crippen LogP contribution is -2.36. The van der Waals surface area contributed by atoms with Crippen molar-refractivity contribution in [1.29, 1.82) is 0 Å². The van der Waals surface area contributed by atoms with E-state index in [1.54, 1.807) is 18.1 Å². The fourth-order valence-electron chi connectivity index (χ4n) is 3.57. The largest absolute Gasteiger partial charge is 0.496 e. The average Bonchev–Trinajstić information content (AvgIpc) is 3.35. The van der Waals surface area contributed by atoms with E-state index in [2.05, 4.69) is 32.0 Å². The van der Waals surface area contributed by atoms with Crippen LogP contribution < -0.4 is 4.74 Å². The summed E-state index contributed by atoms with van der Waals surface area (Å²) < 4.78 is 5.40. The summed E-state index contributed by atoms with van der Waals surface area (Å²) in [6, 6.07) is 11.9. The zero-order valence-corrected chi connectivity index (χ0v) is 16.0. The zero-order chi connectivity index (χ0) is 18.2. The number of methoxy groups -OCH3 is 1. The number of benzene rings is 2. The normalized spacial score (nSPS) is 14.9. The molecule has 2 aromatic rings. The Bertz CT molecular complexity index is 791. The maximum atomic E-state index is 13.2. The molecule has 0 radical (unpaired) electrons. The first-order valence-corrected chi connectivity index (χ1v) is 8.90. The van der Waals surface area contributed by atoms with Gasteiger partial charge in [0, 0.05) is 24.2 Å². The van der Waals surface area contributed by atoms with Crippen molar-refractivity contribution in [2.75, 3.05) is 14.2 Å². The lowest BCUT2D eigenvalue weighted by atomic mass is 9.91. The third-order valence-electron chi connectivity index (χ3n) is 4.93. The molecule has 1 aliphatic rings. The van der Waals surface area contributed by atoms with Crippen molar-refractivity contribution in [3.63, 3.8) is 0 Å². The number of likely N-dealkylation sites (N-methyl/N-ethyl adjacent to an activating group) is 1. The fourth-order valence-corrected chi connectivity index (χ4v) is 3.76. The standard InChI is InChI=1S/C21H24ClNO2/c1-14-9-15(2)11-17(10-14)21(7-8-21)20(24)23(3)13-16-12-18(22)5-6-19(16)25-4/h5-6,9-12H,7-8,13H2,1-4H3. The molecule has 0 heterocycles. The van der Waals surface area contributed by atoms with E-state index in [1.165, 1.54) is 11.1 Å². The molecule has 0 N–H and O–H groups in total. The van der Waals surface area contributed by atoms with Crippen molar-refractivity contribution >= 4 is 17.5 Å². The SMILES string of the molecule is COc1ccc(Cl)cc1CN(C)C(=O)C1(c2cc(C)cc(C)c2)CC1. The van der Waals surface area contributed by atoms with Crippen LogP contribution in [0, 0.1) is 13.8 Å². The Morgan fingerprint density at radius 2 is 1.80 bits per heavy atom. The first-order chi connectivity index (χ1) is 11.9. The molecule has 1 saturated carbocycles. The second-order valence-electron chi connectivity index (χ2n) is 7.08. The summed E-state index contributed by atoms with van der Waals surface area (Å²) in [7, 11) is 3.48. The average molecular weight is 358 g/mol. The van der Waals surface area contributed by atoms with Gasteiger partial charge in [0.1, 0.15) is 5.75 Å². The van der Waals surface area contributed by atoms with Crippen LogP contribution in [0.3, 0.4) is 0 Å². The van der Waals surface area contributed by atoms with E-state index in [-0.39, 0.29) is 11.3 Å². The minimum absolute atomic E-state index is 0.166. The Hall–Kier alpha value is -2.00. The Morgan fingerprint density at radius 3 is 2.36 bits per heavy atom.